The minimum atomic E-state index is -1.41. The van der Waals surface area contributed by atoms with Crippen molar-refractivity contribution in [2.45, 2.75) is 160 Å². The largest absolute Gasteiger partial charge is 0.461 e. The summed E-state index contributed by atoms with van der Waals surface area (Å²) in [5.74, 6) is -4.71. The molecular weight excluding hydrogens is 828 g/mol. The predicted molar refractivity (Wildman–Crippen MR) is 239 cm³/mol. The first-order chi connectivity index (χ1) is 29.7. The molecule has 3 aliphatic rings. The zero-order valence-corrected chi connectivity index (χ0v) is 39.8. The Labute approximate surface area is 379 Å². The summed E-state index contributed by atoms with van der Waals surface area (Å²) in [5.41, 5.74) is -0.841. The summed E-state index contributed by atoms with van der Waals surface area (Å²) in [6, 6.07) is 15.9. The summed E-state index contributed by atoms with van der Waals surface area (Å²) in [6.07, 6.45) is -3.08. The van der Waals surface area contributed by atoms with Crippen molar-refractivity contribution >= 4 is 35.4 Å². The van der Waals surface area contributed by atoms with Crippen LogP contribution in [0.15, 0.2) is 54.6 Å². The molecule has 0 saturated carbocycles. The number of aliphatic hydroxyl groups excluding tert-OH is 1. The van der Waals surface area contributed by atoms with Gasteiger partial charge in [-0.25, -0.2) is 4.79 Å². The van der Waals surface area contributed by atoms with Crippen molar-refractivity contribution in [1.82, 2.24) is 9.80 Å². The minimum absolute atomic E-state index is 0.112. The quantitative estimate of drug-likeness (QED) is 0.121. The van der Waals surface area contributed by atoms with Gasteiger partial charge in [0.15, 0.2) is 11.9 Å². The summed E-state index contributed by atoms with van der Waals surface area (Å²) in [4.78, 5) is 61.1. The Morgan fingerprint density at radius 1 is 0.952 bits per heavy atom. The van der Waals surface area contributed by atoms with Gasteiger partial charge in [-0.3, -0.25) is 14.4 Å². The molecule has 3 aliphatic heterocycles. The second kappa shape index (κ2) is 21.6. The molecule has 13 nitrogen and oxygen atoms in total. The molecule has 350 valence electrons. The fourth-order valence-corrected chi connectivity index (χ4v) is 10.4. The van der Waals surface area contributed by atoms with Gasteiger partial charge in [0.1, 0.15) is 24.1 Å². The number of aryl methyl sites for hydroxylation is 1. The standard InChI is InChI=1S/C49H71ClN2O11/c1-12-38-49(8)43(52(47(57)63-49)25-17-16-20-34-18-14-13-15-19-34)31(4)40(54)29(2)28-48(7,58-11)44(62-46-41(55)37(51(9)10)26-30(3)59-46)32(5)42(33(6)45(56)60-38)61-39(53)27-35-21-23-36(50)24-22-35/h13-15,18-19,21-24,29-33,37-38,41-44,46,55H,12,16-17,20,25-28H2,1-11H3/t29-,30-,31+,32+,33-,37+,38-,41-,42+,43-,44-,46+,48+,49-/m1/s1. The number of likely N-dealkylation sites (N-methyl/N-ethyl adjacent to an activating group) is 1. The minimum Gasteiger partial charge on any atom is -0.461 e. The van der Waals surface area contributed by atoms with Gasteiger partial charge in [0, 0.05) is 42.5 Å². The van der Waals surface area contributed by atoms with E-state index in [2.05, 4.69) is 12.1 Å². The highest BCUT2D eigenvalue weighted by atomic mass is 35.5. The molecule has 2 aromatic rings. The molecule has 0 bridgehead atoms. The van der Waals surface area contributed by atoms with E-state index in [1.54, 1.807) is 49.9 Å². The number of esters is 2. The lowest BCUT2D eigenvalue weighted by molar-refractivity contribution is -0.301. The van der Waals surface area contributed by atoms with Gasteiger partial charge in [0.25, 0.3) is 0 Å². The third kappa shape index (κ3) is 11.6. The van der Waals surface area contributed by atoms with Crippen molar-refractivity contribution in [3.8, 4) is 0 Å². The SMILES string of the molecule is CC[C@H]1OC(=O)[C@H](C)[C@@H](OC(=O)Cc2ccc(Cl)cc2)[C@H](C)[C@@H](O[C@@H]2O[C@H](C)C[C@H](N(C)C)[C@H]2O)[C@@](C)(OC)C[C@@H](C)C(=O)[C@H](C)[C@H]2N(CCCCc3ccccc3)C(=O)O[C@]12C. The number of hydrogen-bond donors (Lipinski definition) is 1. The number of aliphatic hydroxyl groups is 1. The first kappa shape index (κ1) is 50.4. The molecule has 0 radical (unpaired) electrons. The molecule has 3 fully saturated rings. The zero-order chi connectivity index (χ0) is 46.4. The molecule has 2 aromatic carbocycles. The van der Waals surface area contributed by atoms with Crippen LogP contribution in [0.3, 0.4) is 0 Å². The van der Waals surface area contributed by atoms with Crippen LogP contribution >= 0.6 is 11.6 Å². The van der Waals surface area contributed by atoms with E-state index in [4.69, 9.17) is 40.0 Å². The Bertz CT molecular complexity index is 1850. The number of Topliss-reactive ketones (excluding diaryl/α,β-unsaturated/α-hetero) is 1. The molecule has 0 aromatic heterocycles. The van der Waals surface area contributed by atoms with Gasteiger partial charge in [-0.05, 0) is 104 Å². The van der Waals surface area contributed by atoms with E-state index in [9.17, 15) is 24.3 Å². The molecule has 14 heteroatoms. The second-order valence-electron chi connectivity index (χ2n) is 18.8. The van der Waals surface area contributed by atoms with Crippen LogP contribution in [0.4, 0.5) is 4.79 Å². The summed E-state index contributed by atoms with van der Waals surface area (Å²) in [7, 11) is 5.29. The van der Waals surface area contributed by atoms with E-state index in [0.717, 1.165) is 12.8 Å². The van der Waals surface area contributed by atoms with Gasteiger partial charge < -0.3 is 43.3 Å². The number of carbonyl (C=O) groups is 4. The number of fused-ring (bicyclic) bond motifs is 1. The van der Waals surface area contributed by atoms with Crippen molar-refractivity contribution in [2.24, 2.45) is 23.7 Å². The molecule has 0 unspecified atom stereocenters. The number of halogens is 1. The Morgan fingerprint density at radius 2 is 1.62 bits per heavy atom. The fraction of sp³-hybridized carbons (Fsp3) is 0.673. The van der Waals surface area contributed by atoms with Gasteiger partial charge in [-0.15, -0.1) is 0 Å². The van der Waals surface area contributed by atoms with E-state index in [1.165, 1.54) is 12.7 Å². The van der Waals surface area contributed by atoms with Crippen molar-refractivity contribution in [1.29, 1.82) is 0 Å². The van der Waals surface area contributed by atoms with E-state index in [1.807, 2.05) is 71.8 Å². The third-order valence-electron chi connectivity index (χ3n) is 13.8. The number of amides is 1. The monoisotopic (exact) mass is 898 g/mol. The summed E-state index contributed by atoms with van der Waals surface area (Å²) in [5, 5.41) is 12.2. The molecule has 1 amide bonds. The van der Waals surface area contributed by atoms with Gasteiger partial charge in [-0.1, -0.05) is 81.8 Å². The first-order valence-electron chi connectivity index (χ1n) is 22.7. The van der Waals surface area contributed by atoms with Crippen molar-refractivity contribution in [2.75, 3.05) is 27.7 Å². The van der Waals surface area contributed by atoms with E-state index in [0.29, 0.717) is 30.0 Å². The maximum Gasteiger partial charge on any atom is 0.410 e. The normalized spacial score (nSPS) is 35.7. The van der Waals surface area contributed by atoms with Crippen LogP contribution in [0.1, 0.15) is 98.6 Å². The molecule has 14 atom stereocenters. The predicted octanol–water partition coefficient (Wildman–Crippen LogP) is 7.45. The van der Waals surface area contributed by atoms with Crippen molar-refractivity contribution < 1.29 is 52.7 Å². The van der Waals surface area contributed by atoms with Gasteiger partial charge in [-0.2, -0.15) is 0 Å². The highest BCUT2D eigenvalue weighted by Crippen LogP contribution is 2.44. The molecule has 0 spiro atoms. The lowest BCUT2D eigenvalue weighted by Gasteiger charge is -2.48. The number of benzene rings is 2. The number of ketones is 1. The van der Waals surface area contributed by atoms with Crippen LogP contribution in [0, 0.1) is 23.7 Å². The molecule has 5 rings (SSSR count). The number of hydrogen-bond acceptors (Lipinski definition) is 12. The number of nitrogens with zero attached hydrogens (tertiary/aromatic N) is 2. The lowest BCUT2D eigenvalue weighted by Crippen LogP contribution is -2.61. The van der Waals surface area contributed by atoms with Crippen LogP contribution in [0.5, 0.6) is 0 Å². The molecule has 0 aliphatic carbocycles. The molecular formula is C49H71ClN2O11. The molecule has 3 heterocycles. The second-order valence-corrected chi connectivity index (χ2v) is 19.3. The van der Waals surface area contributed by atoms with Gasteiger partial charge in [0.2, 0.25) is 0 Å². The van der Waals surface area contributed by atoms with Gasteiger partial charge >= 0.3 is 18.0 Å². The Kier molecular flexibility index (Phi) is 17.3. The number of methoxy groups -OCH3 is 1. The average Bonchev–Trinajstić information content (AvgIpc) is 3.51. The Balaban J connectivity index is 1.57. The van der Waals surface area contributed by atoms with Crippen LogP contribution in [0.2, 0.25) is 5.02 Å². The molecule has 63 heavy (non-hydrogen) atoms. The summed E-state index contributed by atoms with van der Waals surface area (Å²) in [6.45, 7) is 14.8. The van der Waals surface area contributed by atoms with E-state index >= 15 is 0 Å². The van der Waals surface area contributed by atoms with Crippen LogP contribution in [0.25, 0.3) is 0 Å². The van der Waals surface area contributed by atoms with Crippen LogP contribution < -0.4 is 0 Å². The number of ether oxygens (including phenoxy) is 6. The van der Waals surface area contributed by atoms with Crippen molar-refractivity contribution in [3.05, 3.63) is 70.7 Å². The topological polar surface area (TPSA) is 150 Å². The maximum absolute atomic E-state index is 14.9. The third-order valence-corrected chi connectivity index (χ3v) is 14.1. The fourth-order valence-electron chi connectivity index (χ4n) is 10.3. The number of carbonyl (C=O) groups excluding carboxylic acids is 4. The van der Waals surface area contributed by atoms with Gasteiger partial charge in [0.05, 0.1) is 36.2 Å². The average molecular weight is 900 g/mol. The lowest BCUT2D eigenvalue weighted by atomic mass is 9.73. The molecule has 3 saturated heterocycles. The Morgan fingerprint density at radius 3 is 2.24 bits per heavy atom. The summed E-state index contributed by atoms with van der Waals surface area (Å²) >= 11 is 6.13. The van der Waals surface area contributed by atoms with E-state index in [-0.39, 0.29) is 37.2 Å². The van der Waals surface area contributed by atoms with E-state index < -0.39 is 89.7 Å². The highest BCUT2D eigenvalue weighted by molar-refractivity contribution is 6.30. The van der Waals surface area contributed by atoms with Crippen LogP contribution in [-0.2, 0) is 55.6 Å². The highest BCUT2D eigenvalue weighted by Gasteiger charge is 2.60. The van der Waals surface area contributed by atoms with Crippen molar-refractivity contribution in [3.63, 3.8) is 0 Å². The first-order valence-corrected chi connectivity index (χ1v) is 23.0. The molecule has 1 N–H and O–H groups in total. The summed E-state index contributed by atoms with van der Waals surface area (Å²) < 4.78 is 38.5. The number of unbranched alkanes of at least 4 members (excludes halogenated alkanes) is 1. The maximum atomic E-state index is 14.9. The number of rotatable bonds is 13. The zero-order valence-electron chi connectivity index (χ0n) is 39.1. The Hall–Kier alpha value is -3.59. The number of cyclic esters (lactones) is 1. The smallest absolute Gasteiger partial charge is 0.410 e. The van der Waals surface area contributed by atoms with Crippen LogP contribution in [-0.4, -0.2) is 127 Å².